The van der Waals surface area contributed by atoms with Crippen LogP contribution in [-0.4, -0.2) is 20.4 Å². The number of carbonyl (C=O) groups excluding carboxylic acids is 1. The van der Waals surface area contributed by atoms with Crippen molar-refractivity contribution in [1.82, 2.24) is 19.9 Å². The Morgan fingerprint density at radius 3 is 2.72 bits per heavy atom. The Labute approximate surface area is 110 Å². The number of thiazole rings is 1. The second-order valence-corrected chi connectivity index (χ2v) is 5.18. The van der Waals surface area contributed by atoms with Crippen molar-refractivity contribution in [3.05, 3.63) is 34.8 Å². The monoisotopic (exact) mass is 264 g/mol. The minimum absolute atomic E-state index is 0.112. The number of nitrogens with zero attached hydrogens (tertiary/aromatic N) is 3. The highest BCUT2D eigenvalue weighted by atomic mass is 32.1. The minimum Gasteiger partial charge on any atom is -0.340 e. The Kier molecular flexibility index (Phi) is 3.76. The van der Waals surface area contributed by atoms with E-state index in [4.69, 9.17) is 0 Å². The van der Waals surface area contributed by atoms with Crippen molar-refractivity contribution in [2.45, 2.75) is 19.9 Å². The number of amides is 1. The zero-order valence-electron chi connectivity index (χ0n) is 10.6. The molecule has 0 aromatic carbocycles. The van der Waals surface area contributed by atoms with Gasteiger partial charge in [0.15, 0.2) is 0 Å². The van der Waals surface area contributed by atoms with Gasteiger partial charge in [0, 0.05) is 24.8 Å². The van der Waals surface area contributed by atoms with Crippen molar-refractivity contribution >= 4 is 17.2 Å². The summed E-state index contributed by atoms with van der Waals surface area (Å²) in [5.74, 6) is 0.959. The highest BCUT2D eigenvalue weighted by Gasteiger charge is 2.23. The summed E-state index contributed by atoms with van der Waals surface area (Å²) in [4.78, 5) is 20.3. The third-order valence-corrected chi connectivity index (χ3v) is 3.34. The fourth-order valence-electron chi connectivity index (χ4n) is 1.75. The molecular weight excluding hydrogens is 248 g/mol. The van der Waals surface area contributed by atoms with E-state index in [-0.39, 0.29) is 17.9 Å². The molecule has 2 heterocycles. The second-order valence-electron chi connectivity index (χ2n) is 4.47. The van der Waals surface area contributed by atoms with Crippen LogP contribution in [0.4, 0.5) is 0 Å². The molecule has 0 fully saturated rings. The smallest absolute Gasteiger partial charge is 0.271 e. The lowest BCUT2D eigenvalue weighted by Gasteiger charge is -2.21. The standard InChI is InChI=1S/C12H16N4OS/c1-8(2)10(11-13-4-5-16(11)3)15-12(17)9-6-18-7-14-9/h4-8,10H,1-3H3,(H,15,17)/t10-/m1/s1. The van der Waals surface area contributed by atoms with Crippen molar-refractivity contribution in [3.63, 3.8) is 0 Å². The van der Waals surface area contributed by atoms with Gasteiger partial charge in [0.1, 0.15) is 11.5 Å². The molecule has 0 saturated carbocycles. The third kappa shape index (κ3) is 2.59. The van der Waals surface area contributed by atoms with E-state index in [2.05, 4.69) is 29.1 Å². The van der Waals surface area contributed by atoms with Crippen LogP contribution >= 0.6 is 11.3 Å². The van der Waals surface area contributed by atoms with Crippen LogP contribution in [0.15, 0.2) is 23.3 Å². The summed E-state index contributed by atoms with van der Waals surface area (Å²) in [5, 5.41) is 4.73. The fourth-order valence-corrected chi connectivity index (χ4v) is 2.28. The molecule has 1 N–H and O–H groups in total. The largest absolute Gasteiger partial charge is 0.340 e. The van der Waals surface area contributed by atoms with Crippen LogP contribution in [0.5, 0.6) is 0 Å². The predicted molar refractivity (Wildman–Crippen MR) is 70.4 cm³/mol. The number of aryl methyl sites for hydroxylation is 1. The summed E-state index contributed by atoms with van der Waals surface area (Å²) < 4.78 is 1.92. The van der Waals surface area contributed by atoms with E-state index in [1.165, 1.54) is 11.3 Å². The van der Waals surface area contributed by atoms with E-state index in [0.29, 0.717) is 5.69 Å². The van der Waals surface area contributed by atoms with Crippen LogP contribution in [0.2, 0.25) is 0 Å². The molecule has 0 unspecified atom stereocenters. The van der Waals surface area contributed by atoms with Crippen molar-refractivity contribution < 1.29 is 4.79 Å². The Hall–Kier alpha value is -1.69. The maximum atomic E-state index is 12.0. The van der Waals surface area contributed by atoms with Crippen LogP contribution in [0.25, 0.3) is 0 Å². The molecule has 0 radical (unpaired) electrons. The fraction of sp³-hybridized carbons (Fsp3) is 0.417. The van der Waals surface area contributed by atoms with Gasteiger partial charge in [-0.2, -0.15) is 0 Å². The summed E-state index contributed by atoms with van der Waals surface area (Å²) in [5.41, 5.74) is 2.11. The summed E-state index contributed by atoms with van der Waals surface area (Å²) in [7, 11) is 1.92. The number of hydrogen-bond donors (Lipinski definition) is 1. The number of hydrogen-bond acceptors (Lipinski definition) is 4. The highest BCUT2D eigenvalue weighted by Crippen LogP contribution is 2.20. The zero-order chi connectivity index (χ0) is 13.1. The number of carbonyl (C=O) groups is 1. The van der Waals surface area contributed by atoms with Crippen LogP contribution < -0.4 is 5.32 Å². The second kappa shape index (κ2) is 5.30. The molecule has 1 atom stereocenters. The van der Waals surface area contributed by atoms with E-state index in [0.717, 1.165) is 5.82 Å². The number of rotatable bonds is 4. The molecule has 0 aliphatic carbocycles. The Morgan fingerprint density at radius 2 is 2.22 bits per heavy atom. The quantitative estimate of drug-likeness (QED) is 0.919. The zero-order valence-corrected chi connectivity index (χ0v) is 11.4. The van der Waals surface area contributed by atoms with Crippen LogP contribution in [0, 0.1) is 5.92 Å². The first-order valence-electron chi connectivity index (χ1n) is 5.76. The molecule has 2 rings (SSSR count). The molecule has 0 spiro atoms. The first kappa shape index (κ1) is 12.8. The van der Waals surface area contributed by atoms with E-state index in [1.54, 1.807) is 17.1 Å². The van der Waals surface area contributed by atoms with E-state index < -0.39 is 0 Å². The van der Waals surface area contributed by atoms with Gasteiger partial charge in [-0.15, -0.1) is 11.3 Å². The Balaban J connectivity index is 2.18. The van der Waals surface area contributed by atoms with Gasteiger partial charge in [-0.1, -0.05) is 13.8 Å². The Bertz CT molecular complexity index is 518. The lowest BCUT2D eigenvalue weighted by atomic mass is 10.0. The van der Waals surface area contributed by atoms with Gasteiger partial charge in [0.25, 0.3) is 5.91 Å². The van der Waals surface area contributed by atoms with Gasteiger partial charge in [-0.25, -0.2) is 9.97 Å². The first-order chi connectivity index (χ1) is 8.59. The van der Waals surface area contributed by atoms with Gasteiger partial charge < -0.3 is 9.88 Å². The molecule has 0 aliphatic rings. The van der Waals surface area contributed by atoms with E-state index in [9.17, 15) is 4.79 Å². The van der Waals surface area contributed by atoms with Crippen LogP contribution in [-0.2, 0) is 7.05 Å². The van der Waals surface area contributed by atoms with Gasteiger partial charge in [-0.05, 0) is 5.92 Å². The average Bonchev–Trinajstić information content (AvgIpc) is 2.96. The molecule has 18 heavy (non-hydrogen) atoms. The van der Waals surface area contributed by atoms with Crippen LogP contribution in [0.3, 0.4) is 0 Å². The van der Waals surface area contributed by atoms with Crippen molar-refractivity contribution in [2.75, 3.05) is 0 Å². The van der Waals surface area contributed by atoms with Crippen molar-refractivity contribution in [1.29, 1.82) is 0 Å². The normalized spacial score (nSPS) is 12.7. The molecule has 2 aromatic rings. The third-order valence-electron chi connectivity index (χ3n) is 2.75. The summed E-state index contributed by atoms with van der Waals surface area (Å²) in [6.45, 7) is 4.11. The molecule has 5 nitrogen and oxygen atoms in total. The number of nitrogens with one attached hydrogen (secondary N) is 1. The predicted octanol–water partition coefficient (Wildman–Crippen LogP) is 2.00. The first-order valence-corrected chi connectivity index (χ1v) is 6.70. The molecule has 0 bridgehead atoms. The topological polar surface area (TPSA) is 59.8 Å². The summed E-state index contributed by atoms with van der Waals surface area (Å²) in [6.07, 6.45) is 3.61. The van der Waals surface area contributed by atoms with Gasteiger partial charge in [-0.3, -0.25) is 4.79 Å². The van der Waals surface area contributed by atoms with Gasteiger partial charge in [0.2, 0.25) is 0 Å². The molecular formula is C12H16N4OS. The maximum absolute atomic E-state index is 12.0. The van der Waals surface area contributed by atoms with Crippen LogP contribution in [0.1, 0.15) is 36.2 Å². The maximum Gasteiger partial charge on any atom is 0.271 e. The van der Waals surface area contributed by atoms with E-state index >= 15 is 0 Å². The minimum atomic E-state index is -0.155. The molecule has 96 valence electrons. The average molecular weight is 264 g/mol. The SMILES string of the molecule is CC(C)[C@@H](NC(=O)c1cscn1)c1nccn1C. The van der Waals surface area contributed by atoms with Gasteiger partial charge >= 0.3 is 0 Å². The Morgan fingerprint density at radius 1 is 1.44 bits per heavy atom. The molecule has 0 aliphatic heterocycles. The summed E-state index contributed by atoms with van der Waals surface area (Å²) in [6, 6.07) is -0.112. The number of aromatic nitrogens is 3. The van der Waals surface area contributed by atoms with Crippen molar-refractivity contribution in [2.24, 2.45) is 13.0 Å². The van der Waals surface area contributed by atoms with E-state index in [1.807, 2.05) is 17.8 Å². The lowest BCUT2D eigenvalue weighted by Crippen LogP contribution is -2.33. The van der Waals surface area contributed by atoms with Gasteiger partial charge in [0.05, 0.1) is 11.6 Å². The highest BCUT2D eigenvalue weighted by molar-refractivity contribution is 7.07. The van der Waals surface area contributed by atoms with Crippen molar-refractivity contribution in [3.8, 4) is 0 Å². The molecule has 0 saturated heterocycles. The molecule has 2 aromatic heterocycles. The molecule has 6 heteroatoms. The molecule has 1 amide bonds. The lowest BCUT2D eigenvalue weighted by molar-refractivity contribution is 0.0918. The summed E-state index contributed by atoms with van der Waals surface area (Å²) >= 11 is 1.41. The number of imidazole rings is 1.